The minimum absolute atomic E-state index is 0.0313. The maximum absolute atomic E-state index is 12.1. The van der Waals surface area contributed by atoms with Crippen LogP contribution in [0.1, 0.15) is 0 Å². The lowest BCUT2D eigenvalue weighted by Gasteiger charge is -2.07. The summed E-state index contributed by atoms with van der Waals surface area (Å²) in [6, 6.07) is 10.2. The van der Waals surface area contributed by atoms with Crippen molar-refractivity contribution < 1.29 is 19.4 Å². The normalized spacial score (nSPS) is 10.7. The monoisotopic (exact) mass is 284 g/mol. The largest absolute Gasteiger partial charge is 0.508 e. The molecule has 2 aromatic carbocycles. The van der Waals surface area contributed by atoms with Gasteiger partial charge in [-0.05, 0) is 30.3 Å². The maximum Gasteiger partial charge on any atom is 0.193 e. The zero-order valence-corrected chi connectivity index (χ0v) is 11.2. The highest BCUT2D eigenvalue weighted by atomic mass is 16.5. The van der Waals surface area contributed by atoms with Crippen molar-refractivity contribution in [3.8, 4) is 28.6 Å². The summed E-state index contributed by atoms with van der Waals surface area (Å²) in [4.78, 5) is 12.1. The Morgan fingerprint density at radius 2 is 1.86 bits per heavy atom. The van der Waals surface area contributed by atoms with Gasteiger partial charge in [0.05, 0.1) is 18.1 Å². The van der Waals surface area contributed by atoms with Crippen molar-refractivity contribution in [3.05, 3.63) is 52.7 Å². The van der Waals surface area contributed by atoms with E-state index in [1.807, 2.05) is 0 Å². The summed E-state index contributed by atoms with van der Waals surface area (Å²) in [6.07, 6.45) is 0. The van der Waals surface area contributed by atoms with Crippen LogP contribution in [0.5, 0.6) is 17.2 Å². The average molecular weight is 284 g/mol. The molecule has 0 radical (unpaired) electrons. The number of aromatic hydroxyl groups is 2. The van der Waals surface area contributed by atoms with Crippen molar-refractivity contribution in [2.45, 2.75) is 0 Å². The van der Waals surface area contributed by atoms with E-state index in [-0.39, 0.29) is 28.3 Å². The molecule has 2 N–H and O–H groups in total. The van der Waals surface area contributed by atoms with E-state index in [1.165, 1.54) is 31.4 Å². The number of methoxy groups -OCH3 is 1. The van der Waals surface area contributed by atoms with Crippen LogP contribution in [0.15, 0.2) is 51.7 Å². The van der Waals surface area contributed by atoms with Crippen LogP contribution in [0.4, 0.5) is 0 Å². The fraction of sp³-hybridized carbons (Fsp3) is 0.0625. The van der Waals surface area contributed by atoms with E-state index < -0.39 is 0 Å². The highest BCUT2D eigenvalue weighted by Crippen LogP contribution is 2.33. The molecule has 1 heterocycles. The molecule has 5 heteroatoms. The van der Waals surface area contributed by atoms with Crippen molar-refractivity contribution in [2.24, 2.45) is 0 Å². The Morgan fingerprint density at radius 1 is 1.05 bits per heavy atom. The van der Waals surface area contributed by atoms with Crippen LogP contribution in [0.2, 0.25) is 0 Å². The minimum atomic E-state index is -0.239. The van der Waals surface area contributed by atoms with Crippen LogP contribution in [0.25, 0.3) is 22.3 Å². The quantitative estimate of drug-likeness (QED) is 0.707. The number of fused-ring (bicyclic) bond motifs is 1. The SMILES string of the molecule is COc1ccc2c(=O)cc(-c3cc(O)ccc3O)oc2c1. The molecule has 0 aliphatic rings. The summed E-state index contributed by atoms with van der Waals surface area (Å²) in [5.74, 6) is 0.617. The number of hydrogen-bond acceptors (Lipinski definition) is 5. The van der Waals surface area contributed by atoms with E-state index in [1.54, 1.807) is 18.2 Å². The van der Waals surface area contributed by atoms with Crippen LogP contribution in [0, 0.1) is 0 Å². The summed E-state index contributed by atoms with van der Waals surface area (Å²) in [7, 11) is 1.52. The van der Waals surface area contributed by atoms with Crippen LogP contribution >= 0.6 is 0 Å². The maximum atomic E-state index is 12.1. The zero-order valence-electron chi connectivity index (χ0n) is 11.2. The molecule has 0 spiro atoms. The second kappa shape index (κ2) is 4.86. The first-order valence-corrected chi connectivity index (χ1v) is 6.23. The molecule has 3 rings (SSSR count). The van der Waals surface area contributed by atoms with Crippen LogP contribution in [0.3, 0.4) is 0 Å². The molecule has 0 bridgehead atoms. The van der Waals surface area contributed by atoms with Gasteiger partial charge in [-0.2, -0.15) is 0 Å². The standard InChI is InChI=1S/C16H12O5/c1-20-10-3-4-11-14(19)8-16(21-15(11)7-10)12-6-9(17)2-5-13(12)18/h2-8,17-18H,1H3. The Bertz CT molecular complexity index is 879. The molecule has 0 unspecified atom stereocenters. The summed E-state index contributed by atoms with van der Waals surface area (Å²) in [6.45, 7) is 0. The topological polar surface area (TPSA) is 79.9 Å². The Labute approximate surface area is 119 Å². The molecular formula is C16H12O5. The van der Waals surface area contributed by atoms with Gasteiger partial charge in [0.25, 0.3) is 0 Å². The number of phenolic OH excluding ortho intramolecular Hbond substituents is 2. The van der Waals surface area contributed by atoms with E-state index in [9.17, 15) is 15.0 Å². The van der Waals surface area contributed by atoms with Gasteiger partial charge in [0.1, 0.15) is 28.6 Å². The summed E-state index contributed by atoms with van der Waals surface area (Å²) < 4.78 is 10.8. The van der Waals surface area contributed by atoms with Crippen LogP contribution in [-0.4, -0.2) is 17.3 Å². The van der Waals surface area contributed by atoms with Crippen molar-refractivity contribution in [3.63, 3.8) is 0 Å². The number of hydrogen-bond donors (Lipinski definition) is 2. The molecular weight excluding hydrogens is 272 g/mol. The first-order valence-electron chi connectivity index (χ1n) is 6.23. The van der Waals surface area contributed by atoms with E-state index in [0.717, 1.165) is 0 Å². The first kappa shape index (κ1) is 13.1. The summed E-state index contributed by atoms with van der Waals surface area (Å²) in [5, 5.41) is 19.8. The molecule has 5 nitrogen and oxygen atoms in total. The van der Waals surface area contributed by atoms with Gasteiger partial charge in [-0.1, -0.05) is 0 Å². The van der Waals surface area contributed by atoms with E-state index in [2.05, 4.69) is 0 Å². The van der Waals surface area contributed by atoms with Gasteiger partial charge in [-0.25, -0.2) is 0 Å². The van der Waals surface area contributed by atoms with Crippen molar-refractivity contribution in [1.29, 1.82) is 0 Å². The lowest BCUT2D eigenvalue weighted by atomic mass is 10.1. The van der Waals surface area contributed by atoms with Gasteiger partial charge in [0.2, 0.25) is 0 Å². The van der Waals surface area contributed by atoms with Crippen molar-refractivity contribution >= 4 is 11.0 Å². The molecule has 0 saturated carbocycles. The molecule has 0 atom stereocenters. The Kier molecular flexibility index (Phi) is 3.02. The molecule has 1 aromatic heterocycles. The van der Waals surface area contributed by atoms with E-state index in [0.29, 0.717) is 16.7 Å². The molecule has 0 aliphatic heterocycles. The Hall–Kier alpha value is -2.95. The molecule has 0 aliphatic carbocycles. The number of phenols is 2. The van der Waals surface area contributed by atoms with E-state index in [4.69, 9.17) is 9.15 Å². The average Bonchev–Trinajstić information content (AvgIpc) is 2.49. The number of rotatable bonds is 2. The van der Waals surface area contributed by atoms with Gasteiger partial charge in [-0.15, -0.1) is 0 Å². The molecule has 3 aromatic rings. The number of benzene rings is 2. The summed E-state index contributed by atoms with van der Waals surface area (Å²) in [5.41, 5.74) is 0.355. The smallest absolute Gasteiger partial charge is 0.193 e. The molecule has 21 heavy (non-hydrogen) atoms. The molecule has 0 saturated heterocycles. The lowest BCUT2D eigenvalue weighted by Crippen LogP contribution is -2.00. The highest BCUT2D eigenvalue weighted by molar-refractivity contribution is 5.81. The van der Waals surface area contributed by atoms with E-state index >= 15 is 0 Å². The third-order valence-electron chi connectivity index (χ3n) is 3.18. The van der Waals surface area contributed by atoms with Gasteiger partial charge >= 0.3 is 0 Å². The fourth-order valence-electron chi connectivity index (χ4n) is 2.12. The predicted molar refractivity (Wildman–Crippen MR) is 77.8 cm³/mol. The van der Waals surface area contributed by atoms with Gasteiger partial charge in [0, 0.05) is 12.1 Å². The highest BCUT2D eigenvalue weighted by Gasteiger charge is 2.12. The third-order valence-corrected chi connectivity index (χ3v) is 3.18. The molecule has 0 fully saturated rings. The first-order chi connectivity index (χ1) is 10.1. The second-order valence-electron chi connectivity index (χ2n) is 4.54. The van der Waals surface area contributed by atoms with Crippen LogP contribution in [-0.2, 0) is 0 Å². The summed E-state index contributed by atoms with van der Waals surface area (Å²) >= 11 is 0. The van der Waals surface area contributed by atoms with Gasteiger partial charge in [0.15, 0.2) is 5.43 Å². The van der Waals surface area contributed by atoms with Crippen molar-refractivity contribution in [2.75, 3.05) is 7.11 Å². The molecule has 0 amide bonds. The zero-order chi connectivity index (χ0) is 15.0. The Balaban J connectivity index is 2.28. The van der Waals surface area contributed by atoms with Gasteiger partial charge < -0.3 is 19.4 Å². The predicted octanol–water partition coefficient (Wildman–Crippen LogP) is 2.88. The van der Waals surface area contributed by atoms with Crippen LogP contribution < -0.4 is 10.2 Å². The Morgan fingerprint density at radius 3 is 2.62 bits per heavy atom. The number of ether oxygens (including phenoxy) is 1. The van der Waals surface area contributed by atoms with Gasteiger partial charge in [-0.3, -0.25) is 4.79 Å². The van der Waals surface area contributed by atoms with Crippen molar-refractivity contribution in [1.82, 2.24) is 0 Å². The second-order valence-corrected chi connectivity index (χ2v) is 4.54. The molecule has 106 valence electrons. The minimum Gasteiger partial charge on any atom is -0.508 e. The third kappa shape index (κ3) is 2.29. The fourth-order valence-corrected chi connectivity index (χ4v) is 2.12. The lowest BCUT2D eigenvalue weighted by molar-refractivity contribution is 0.414.